The van der Waals surface area contributed by atoms with Crippen LogP contribution in [-0.4, -0.2) is 51.8 Å². The van der Waals surface area contributed by atoms with E-state index in [-0.39, 0.29) is 5.92 Å². The fraction of sp³-hybridized carbons (Fsp3) is 0.611. The largest absolute Gasteiger partial charge is 0.346 e. The first-order chi connectivity index (χ1) is 12.2. The van der Waals surface area contributed by atoms with Gasteiger partial charge in [-0.2, -0.15) is 0 Å². The Morgan fingerprint density at radius 1 is 1.20 bits per heavy atom. The number of hydrogen-bond acceptors (Lipinski definition) is 5. The third-order valence-corrected chi connectivity index (χ3v) is 5.57. The Hall–Kier alpha value is -1.89. The van der Waals surface area contributed by atoms with E-state index < -0.39 is 0 Å². The van der Waals surface area contributed by atoms with Crippen LogP contribution in [0.5, 0.6) is 0 Å². The summed E-state index contributed by atoms with van der Waals surface area (Å²) in [6.45, 7) is 7.69. The number of aromatic nitrogens is 3. The molecule has 3 heterocycles. The van der Waals surface area contributed by atoms with Crippen molar-refractivity contribution in [1.82, 2.24) is 19.7 Å². The second kappa shape index (κ2) is 8.47. The quantitative estimate of drug-likeness (QED) is 0.760. The van der Waals surface area contributed by atoms with E-state index >= 15 is 0 Å². The lowest BCUT2D eigenvalue weighted by molar-refractivity contribution is -0.135. The van der Waals surface area contributed by atoms with Crippen LogP contribution in [0.3, 0.4) is 0 Å². The summed E-state index contributed by atoms with van der Waals surface area (Å²) in [5.74, 6) is 0.384. The Morgan fingerprint density at radius 2 is 1.88 bits per heavy atom. The standard InChI is InChI=1S/C18H27N5OS/c1-3-9-21(10-4-2)16(24)15-8-7-13-23(14-15)18-20-19-17(25-18)22-11-5-6-12-22/h5-6,11-12,15H,3-4,7-10,13-14H2,1-2H3/t15-/m1/s1. The summed E-state index contributed by atoms with van der Waals surface area (Å²) in [5.41, 5.74) is 0. The van der Waals surface area contributed by atoms with E-state index in [9.17, 15) is 4.79 Å². The van der Waals surface area contributed by atoms with E-state index in [0.717, 1.165) is 62.1 Å². The van der Waals surface area contributed by atoms with Gasteiger partial charge >= 0.3 is 0 Å². The van der Waals surface area contributed by atoms with Gasteiger partial charge in [-0.05, 0) is 37.8 Å². The summed E-state index contributed by atoms with van der Waals surface area (Å²) in [5, 5.41) is 10.4. The zero-order chi connectivity index (χ0) is 17.6. The zero-order valence-electron chi connectivity index (χ0n) is 15.1. The number of piperidine rings is 1. The number of carbonyl (C=O) groups excluding carboxylic acids is 1. The molecule has 3 rings (SSSR count). The molecule has 1 aliphatic rings. The van der Waals surface area contributed by atoms with Crippen molar-refractivity contribution in [1.29, 1.82) is 0 Å². The molecule has 136 valence electrons. The van der Waals surface area contributed by atoms with E-state index in [4.69, 9.17) is 0 Å². The highest BCUT2D eigenvalue weighted by molar-refractivity contribution is 7.17. The van der Waals surface area contributed by atoms with Crippen molar-refractivity contribution in [3.05, 3.63) is 24.5 Å². The molecular weight excluding hydrogens is 334 g/mol. The van der Waals surface area contributed by atoms with Gasteiger partial charge in [0.15, 0.2) is 0 Å². The second-order valence-electron chi connectivity index (χ2n) is 6.57. The lowest BCUT2D eigenvalue weighted by Gasteiger charge is -2.34. The normalized spacial score (nSPS) is 17.7. The van der Waals surface area contributed by atoms with Gasteiger partial charge in [0.2, 0.25) is 16.2 Å². The van der Waals surface area contributed by atoms with Gasteiger partial charge in [0, 0.05) is 38.6 Å². The fourth-order valence-corrected chi connectivity index (χ4v) is 4.23. The fourth-order valence-electron chi connectivity index (χ4n) is 3.38. The summed E-state index contributed by atoms with van der Waals surface area (Å²) >= 11 is 1.58. The van der Waals surface area contributed by atoms with Crippen molar-refractivity contribution in [2.45, 2.75) is 39.5 Å². The van der Waals surface area contributed by atoms with Crippen LogP contribution in [0.15, 0.2) is 24.5 Å². The van der Waals surface area contributed by atoms with Gasteiger partial charge < -0.3 is 9.80 Å². The Bertz CT molecular complexity index is 663. The molecule has 6 nitrogen and oxygen atoms in total. The number of hydrogen-bond donors (Lipinski definition) is 0. The summed E-state index contributed by atoms with van der Waals surface area (Å²) in [4.78, 5) is 17.2. The van der Waals surface area contributed by atoms with Crippen LogP contribution < -0.4 is 4.90 Å². The van der Waals surface area contributed by atoms with Crippen molar-refractivity contribution < 1.29 is 4.79 Å². The molecule has 1 fully saturated rings. The van der Waals surface area contributed by atoms with Gasteiger partial charge in [-0.3, -0.25) is 9.36 Å². The van der Waals surface area contributed by atoms with Crippen LogP contribution in [0.1, 0.15) is 39.5 Å². The van der Waals surface area contributed by atoms with Crippen molar-refractivity contribution in [2.24, 2.45) is 5.92 Å². The van der Waals surface area contributed by atoms with E-state index in [1.807, 2.05) is 34.0 Å². The molecule has 0 aliphatic carbocycles. The van der Waals surface area contributed by atoms with Crippen molar-refractivity contribution in [3.63, 3.8) is 0 Å². The molecule has 2 aromatic heterocycles. The summed E-state index contributed by atoms with van der Waals surface area (Å²) in [6.07, 6.45) is 7.97. The summed E-state index contributed by atoms with van der Waals surface area (Å²) < 4.78 is 1.97. The van der Waals surface area contributed by atoms with Gasteiger partial charge in [-0.15, -0.1) is 10.2 Å². The van der Waals surface area contributed by atoms with Crippen LogP contribution in [0.4, 0.5) is 5.13 Å². The zero-order valence-corrected chi connectivity index (χ0v) is 15.9. The van der Waals surface area contributed by atoms with Crippen molar-refractivity contribution in [2.75, 3.05) is 31.1 Å². The van der Waals surface area contributed by atoms with Crippen LogP contribution in [0.25, 0.3) is 5.13 Å². The Labute approximate surface area is 153 Å². The first kappa shape index (κ1) is 17.9. The summed E-state index contributed by atoms with van der Waals surface area (Å²) in [7, 11) is 0. The molecule has 0 spiro atoms. The third kappa shape index (κ3) is 4.21. The molecule has 0 bridgehead atoms. The first-order valence-electron chi connectivity index (χ1n) is 9.23. The van der Waals surface area contributed by atoms with Gasteiger partial charge in [-0.25, -0.2) is 0 Å². The van der Waals surface area contributed by atoms with E-state index in [0.29, 0.717) is 5.91 Å². The topological polar surface area (TPSA) is 54.3 Å². The van der Waals surface area contributed by atoms with E-state index in [1.54, 1.807) is 11.3 Å². The highest BCUT2D eigenvalue weighted by atomic mass is 32.1. The average Bonchev–Trinajstić information content (AvgIpc) is 3.32. The molecule has 0 N–H and O–H groups in total. The lowest BCUT2D eigenvalue weighted by Crippen LogP contribution is -2.45. The molecule has 0 radical (unpaired) electrons. The van der Waals surface area contributed by atoms with E-state index in [1.165, 1.54) is 0 Å². The molecule has 1 aliphatic heterocycles. The maximum absolute atomic E-state index is 12.9. The smallest absolute Gasteiger partial charge is 0.227 e. The summed E-state index contributed by atoms with van der Waals surface area (Å²) in [6, 6.07) is 3.96. The number of amides is 1. The molecule has 1 atom stereocenters. The first-order valence-corrected chi connectivity index (χ1v) is 10.0. The second-order valence-corrected chi connectivity index (χ2v) is 7.50. The van der Waals surface area contributed by atoms with Gasteiger partial charge in [0.25, 0.3) is 0 Å². The minimum atomic E-state index is 0.0748. The minimum Gasteiger partial charge on any atom is -0.346 e. The van der Waals surface area contributed by atoms with Crippen molar-refractivity contribution >= 4 is 22.4 Å². The number of rotatable bonds is 7. The van der Waals surface area contributed by atoms with Crippen LogP contribution >= 0.6 is 11.3 Å². The Morgan fingerprint density at radius 3 is 2.56 bits per heavy atom. The number of carbonyl (C=O) groups is 1. The van der Waals surface area contributed by atoms with Crippen LogP contribution in [-0.2, 0) is 4.79 Å². The van der Waals surface area contributed by atoms with Gasteiger partial charge in [0.1, 0.15) is 0 Å². The predicted octanol–water partition coefficient (Wildman–Crippen LogP) is 3.19. The van der Waals surface area contributed by atoms with Crippen LogP contribution in [0.2, 0.25) is 0 Å². The molecule has 0 saturated carbocycles. The molecule has 2 aromatic rings. The highest BCUT2D eigenvalue weighted by Crippen LogP contribution is 2.28. The van der Waals surface area contributed by atoms with Crippen LogP contribution in [0, 0.1) is 5.92 Å². The Kier molecular flexibility index (Phi) is 6.07. The Balaban J connectivity index is 1.67. The van der Waals surface area contributed by atoms with Gasteiger partial charge in [0.05, 0.1) is 5.92 Å². The average molecular weight is 362 g/mol. The molecular formula is C18H27N5OS. The van der Waals surface area contributed by atoms with Crippen molar-refractivity contribution in [3.8, 4) is 5.13 Å². The predicted molar refractivity (Wildman–Crippen MR) is 101 cm³/mol. The minimum absolute atomic E-state index is 0.0748. The number of nitrogens with zero attached hydrogens (tertiary/aromatic N) is 5. The SMILES string of the molecule is CCCN(CCC)C(=O)[C@@H]1CCCN(c2nnc(-n3cccc3)s2)C1. The highest BCUT2D eigenvalue weighted by Gasteiger charge is 2.30. The maximum atomic E-state index is 12.9. The molecule has 7 heteroatoms. The molecule has 1 saturated heterocycles. The molecule has 0 unspecified atom stereocenters. The third-order valence-electron chi connectivity index (χ3n) is 4.57. The van der Waals surface area contributed by atoms with E-state index in [2.05, 4.69) is 28.9 Å². The molecule has 1 amide bonds. The number of anilines is 1. The van der Waals surface area contributed by atoms with Gasteiger partial charge in [-0.1, -0.05) is 25.2 Å². The monoisotopic (exact) mass is 361 g/mol. The lowest BCUT2D eigenvalue weighted by atomic mass is 9.96. The molecule has 25 heavy (non-hydrogen) atoms. The maximum Gasteiger partial charge on any atom is 0.227 e. The molecule has 0 aromatic carbocycles.